The number of hydrogen-bond acceptors (Lipinski definition) is 2. The van der Waals surface area contributed by atoms with Crippen molar-refractivity contribution < 1.29 is 9.90 Å². The van der Waals surface area contributed by atoms with Gasteiger partial charge >= 0.3 is 5.97 Å². The Morgan fingerprint density at radius 3 is 2.88 bits per heavy atom. The first-order valence-corrected chi connectivity index (χ1v) is 6.08. The second kappa shape index (κ2) is 6.53. The number of carbonyl (C=O) groups is 1. The van der Waals surface area contributed by atoms with E-state index in [1.807, 2.05) is 6.92 Å². The molecule has 1 N–H and O–H groups in total. The normalized spacial score (nSPS) is 10.6. The summed E-state index contributed by atoms with van der Waals surface area (Å²) in [5.41, 5.74) is 1.12. The fourth-order valence-corrected chi connectivity index (χ4v) is 1.76. The summed E-state index contributed by atoms with van der Waals surface area (Å²) in [5.74, 6) is -0.318. The first kappa shape index (κ1) is 13.0. The Bertz CT molecular complexity index is 350. The van der Waals surface area contributed by atoms with E-state index in [1.165, 1.54) is 0 Å². The molecule has 0 saturated heterocycles. The van der Waals surface area contributed by atoms with Crippen LogP contribution in [0, 0.1) is 0 Å². The highest BCUT2D eigenvalue weighted by molar-refractivity contribution is 6.17. The van der Waals surface area contributed by atoms with Gasteiger partial charge < -0.3 is 5.11 Å². The third-order valence-electron chi connectivity index (χ3n) is 2.33. The third kappa shape index (κ3) is 3.52. The van der Waals surface area contributed by atoms with Crippen molar-refractivity contribution in [3.63, 3.8) is 0 Å². The molecule has 1 aromatic heterocycles. The molecule has 0 aliphatic carbocycles. The summed E-state index contributed by atoms with van der Waals surface area (Å²) >= 11 is 5.61. The van der Waals surface area contributed by atoms with Crippen LogP contribution >= 0.6 is 11.6 Å². The number of alkyl halides is 1. The van der Waals surface area contributed by atoms with E-state index in [4.69, 9.17) is 16.7 Å². The maximum Gasteiger partial charge on any atom is 0.356 e. The Morgan fingerprint density at radius 1 is 1.56 bits per heavy atom. The van der Waals surface area contributed by atoms with E-state index in [-0.39, 0.29) is 5.69 Å². The van der Waals surface area contributed by atoms with Gasteiger partial charge in [-0.05, 0) is 31.7 Å². The van der Waals surface area contributed by atoms with Crippen LogP contribution in [0.15, 0.2) is 6.07 Å². The van der Waals surface area contributed by atoms with Crippen LogP contribution < -0.4 is 0 Å². The molecule has 1 heterocycles. The summed E-state index contributed by atoms with van der Waals surface area (Å²) in [6.07, 6.45) is 3.70. The van der Waals surface area contributed by atoms with Crippen LogP contribution in [0.4, 0.5) is 0 Å². The molecule has 90 valence electrons. The van der Waals surface area contributed by atoms with Gasteiger partial charge in [0, 0.05) is 18.1 Å². The third-order valence-corrected chi connectivity index (χ3v) is 2.60. The van der Waals surface area contributed by atoms with Crippen molar-refractivity contribution in [2.75, 3.05) is 5.88 Å². The fourth-order valence-electron chi connectivity index (χ4n) is 1.57. The van der Waals surface area contributed by atoms with Crippen molar-refractivity contribution in [2.45, 2.75) is 39.2 Å². The van der Waals surface area contributed by atoms with Crippen LogP contribution in [0.25, 0.3) is 0 Å². The Labute approximate surface area is 100 Å². The lowest BCUT2D eigenvalue weighted by atomic mass is 10.2. The Hall–Kier alpha value is -1.03. The van der Waals surface area contributed by atoms with Gasteiger partial charge in [0.2, 0.25) is 0 Å². The molecule has 16 heavy (non-hydrogen) atoms. The average Bonchev–Trinajstić information content (AvgIpc) is 2.63. The zero-order valence-corrected chi connectivity index (χ0v) is 10.2. The predicted octanol–water partition coefficient (Wildman–Crippen LogP) is 2.55. The van der Waals surface area contributed by atoms with Crippen LogP contribution in [0.3, 0.4) is 0 Å². The second-order valence-corrected chi connectivity index (χ2v) is 4.07. The summed E-state index contributed by atoms with van der Waals surface area (Å²) < 4.78 is 1.79. The van der Waals surface area contributed by atoms with E-state index >= 15 is 0 Å². The monoisotopic (exact) mass is 244 g/mol. The minimum Gasteiger partial charge on any atom is -0.476 e. The molecule has 0 unspecified atom stereocenters. The minimum absolute atomic E-state index is 0.134. The maximum atomic E-state index is 10.8. The number of rotatable bonds is 7. The van der Waals surface area contributed by atoms with Crippen molar-refractivity contribution in [2.24, 2.45) is 0 Å². The van der Waals surface area contributed by atoms with Gasteiger partial charge in [0.25, 0.3) is 0 Å². The van der Waals surface area contributed by atoms with Crippen molar-refractivity contribution >= 4 is 17.6 Å². The van der Waals surface area contributed by atoms with Crippen molar-refractivity contribution in [3.05, 3.63) is 17.5 Å². The zero-order chi connectivity index (χ0) is 12.0. The van der Waals surface area contributed by atoms with E-state index in [9.17, 15) is 4.79 Å². The lowest BCUT2D eigenvalue weighted by Crippen LogP contribution is -2.06. The van der Waals surface area contributed by atoms with E-state index in [0.717, 1.165) is 37.9 Å². The lowest BCUT2D eigenvalue weighted by Gasteiger charge is -2.04. The number of aryl methyl sites for hydroxylation is 2. The minimum atomic E-state index is -0.964. The van der Waals surface area contributed by atoms with Gasteiger partial charge in [0.05, 0.1) is 0 Å². The largest absolute Gasteiger partial charge is 0.476 e. The van der Waals surface area contributed by atoms with E-state index in [2.05, 4.69) is 5.10 Å². The molecule has 4 nitrogen and oxygen atoms in total. The number of aromatic nitrogens is 2. The highest BCUT2D eigenvalue weighted by atomic mass is 35.5. The number of carboxylic acid groups (broad SMARTS) is 1. The number of carboxylic acids is 1. The standard InChI is InChI=1S/C11H17ClN2O2/c1-2-7-14-9(5-3-4-6-12)8-10(13-14)11(15)16/h8H,2-7H2,1H3,(H,15,16). The van der Waals surface area contributed by atoms with Crippen LogP contribution in [0.5, 0.6) is 0 Å². The molecule has 5 heteroatoms. The molecule has 0 bridgehead atoms. The van der Waals surface area contributed by atoms with Gasteiger partial charge in [-0.15, -0.1) is 11.6 Å². The van der Waals surface area contributed by atoms with Crippen LogP contribution in [0.1, 0.15) is 42.4 Å². The fraction of sp³-hybridized carbons (Fsp3) is 0.636. The first-order valence-electron chi connectivity index (χ1n) is 5.55. The quantitative estimate of drug-likeness (QED) is 0.592. The summed E-state index contributed by atoms with van der Waals surface area (Å²) in [4.78, 5) is 10.8. The summed E-state index contributed by atoms with van der Waals surface area (Å²) in [7, 11) is 0. The summed E-state index contributed by atoms with van der Waals surface area (Å²) in [6.45, 7) is 2.81. The molecule has 0 fully saturated rings. The smallest absolute Gasteiger partial charge is 0.356 e. The van der Waals surface area contributed by atoms with Gasteiger partial charge in [0.1, 0.15) is 0 Å². The molecule has 0 aliphatic heterocycles. The molecule has 0 amide bonds. The average molecular weight is 245 g/mol. The van der Waals surface area contributed by atoms with E-state index in [1.54, 1.807) is 10.7 Å². The Morgan fingerprint density at radius 2 is 2.31 bits per heavy atom. The van der Waals surface area contributed by atoms with Crippen molar-refractivity contribution in [1.82, 2.24) is 9.78 Å². The van der Waals surface area contributed by atoms with Gasteiger partial charge in [-0.1, -0.05) is 6.92 Å². The number of hydrogen-bond donors (Lipinski definition) is 1. The maximum absolute atomic E-state index is 10.8. The summed E-state index contributed by atoms with van der Waals surface area (Å²) in [5, 5.41) is 12.9. The lowest BCUT2D eigenvalue weighted by molar-refractivity contribution is 0.0689. The predicted molar refractivity (Wildman–Crippen MR) is 63.1 cm³/mol. The first-order chi connectivity index (χ1) is 7.69. The SMILES string of the molecule is CCCn1nc(C(=O)O)cc1CCCCCl. The van der Waals surface area contributed by atoms with Crippen molar-refractivity contribution in [1.29, 1.82) is 0 Å². The molecule has 0 saturated carbocycles. The van der Waals surface area contributed by atoms with Gasteiger partial charge in [-0.3, -0.25) is 4.68 Å². The molecular formula is C11H17ClN2O2. The highest BCUT2D eigenvalue weighted by Crippen LogP contribution is 2.10. The number of halogens is 1. The zero-order valence-electron chi connectivity index (χ0n) is 9.45. The van der Waals surface area contributed by atoms with Gasteiger partial charge in [-0.2, -0.15) is 5.10 Å². The van der Waals surface area contributed by atoms with Gasteiger partial charge in [-0.25, -0.2) is 4.79 Å². The number of nitrogens with zero attached hydrogens (tertiary/aromatic N) is 2. The highest BCUT2D eigenvalue weighted by Gasteiger charge is 2.12. The second-order valence-electron chi connectivity index (χ2n) is 3.70. The molecule has 1 rings (SSSR count). The molecule has 0 radical (unpaired) electrons. The van der Waals surface area contributed by atoms with Crippen LogP contribution in [-0.4, -0.2) is 26.7 Å². The molecular weight excluding hydrogens is 228 g/mol. The van der Waals surface area contributed by atoms with Gasteiger partial charge in [0.15, 0.2) is 5.69 Å². The Kier molecular flexibility index (Phi) is 5.32. The van der Waals surface area contributed by atoms with E-state index < -0.39 is 5.97 Å². The Balaban J connectivity index is 2.74. The number of aromatic carboxylic acids is 1. The van der Waals surface area contributed by atoms with E-state index in [0.29, 0.717) is 5.88 Å². The molecule has 0 aliphatic rings. The van der Waals surface area contributed by atoms with Crippen molar-refractivity contribution in [3.8, 4) is 0 Å². The molecule has 0 atom stereocenters. The summed E-state index contributed by atoms with van der Waals surface area (Å²) in [6, 6.07) is 1.66. The molecule has 0 spiro atoms. The topological polar surface area (TPSA) is 55.1 Å². The van der Waals surface area contributed by atoms with Crippen LogP contribution in [0.2, 0.25) is 0 Å². The molecule has 0 aromatic carbocycles. The van der Waals surface area contributed by atoms with Crippen LogP contribution in [-0.2, 0) is 13.0 Å². The number of unbranched alkanes of at least 4 members (excludes halogenated alkanes) is 1. The molecule has 1 aromatic rings.